The van der Waals surface area contributed by atoms with Gasteiger partial charge in [-0.3, -0.25) is 0 Å². The van der Waals surface area contributed by atoms with E-state index in [0.717, 1.165) is 12.8 Å². The normalized spacial score (nSPS) is 14.8. The quantitative estimate of drug-likeness (QED) is 0.638. The summed E-state index contributed by atoms with van der Waals surface area (Å²) in [5.41, 5.74) is 1.34. The fourth-order valence-corrected chi connectivity index (χ4v) is 2.59. The van der Waals surface area contributed by atoms with Crippen molar-refractivity contribution in [2.45, 2.75) is 38.0 Å². The van der Waals surface area contributed by atoms with Gasteiger partial charge in [0.05, 0.1) is 0 Å². The van der Waals surface area contributed by atoms with Crippen molar-refractivity contribution >= 4 is 22.4 Å². The molecule has 0 spiro atoms. The Balaban J connectivity index is 2.29. The highest BCUT2D eigenvalue weighted by atomic mass is 35.5. The van der Waals surface area contributed by atoms with Gasteiger partial charge in [0.25, 0.3) is 0 Å². The molecule has 0 saturated carbocycles. The number of hydrogen-bond donors (Lipinski definition) is 0. The summed E-state index contributed by atoms with van der Waals surface area (Å²) in [6.45, 7) is 4.40. The van der Waals surface area contributed by atoms with E-state index < -0.39 is 0 Å². The summed E-state index contributed by atoms with van der Waals surface area (Å²) in [6.07, 6.45) is 2.22. The lowest BCUT2D eigenvalue weighted by Gasteiger charge is -2.18. The average molecular weight is 247 g/mol. The summed E-state index contributed by atoms with van der Waals surface area (Å²) in [6, 6.07) is 15.1. The lowest BCUT2D eigenvalue weighted by Crippen LogP contribution is -2.09. The standard InChI is InChI=1S/C16H19Cl/c1-3-6-16(17)12(2)14-10-9-13-7-4-5-8-15(13)11-14/h4-5,7-12,16H,3,6H2,1-2H3. The van der Waals surface area contributed by atoms with Crippen molar-refractivity contribution in [2.24, 2.45) is 0 Å². The molecule has 2 unspecified atom stereocenters. The van der Waals surface area contributed by atoms with Gasteiger partial charge in [0, 0.05) is 5.38 Å². The topological polar surface area (TPSA) is 0 Å². The lowest BCUT2D eigenvalue weighted by atomic mass is 9.93. The molecule has 2 rings (SSSR count). The van der Waals surface area contributed by atoms with E-state index in [2.05, 4.69) is 56.3 Å². The molecule has 17 heavy (non-hydrogen) atoms. The molecule has 0 radical (unpaired) electrons. The highest BCUT2D eigenvalue weighted by molar-refractivity contribution is 6.21. The Hall–Kier alpha value is -1.01. The van der Waals surface area contributed by atoms with Gasteiger partial charge in [-0.2, -0.15) is 0 Å². The first-order valence-corrected chi connectivity index (χ1v) is 6.78. The van der Waals surface area contributed by atoms with Crippen LogP contribution in [0.15, 0.2) is 42.5 Å². The Morgan fingerprint density at radius 2 is 1.76 bits per heavy atom. The molecule has 0 saturated heterocycles. The molecule has 2 atom stereocenters. The fraction of sp³-hybridized carbons (Fsp3) is 0.375. The lowest BCUT2D eigenvalue weighted by molar-refractivity contribution is 0.634. The van der Waals surface area contributed by atoms with Gasteiger partial charge in [0.1, 0.15) is 0 Å². The van der Waals surface area contributed by atoms with Gasteiger partial charge < -0.3 is 0 Å². The Morgan fingerprint density at radius 3 is 2.47 bits per heavy atom. The van der Waals surface area contributed by atoms with E-state index >= 15 is 0 Å². The van der Waals surface area contributed by atoms with E-state index in [1.807, 2.05) is 0 Å². The maximum atomic E-state index is 6.42. The van der Waals surface area contributed by atoms with E-state index in [0.29, 0.717) is 5.92 Å². The van der Waals surface area contributed by atoms with E-state index in [9.17, 15) is 0 Å². The molecule has 0 nitrogen and oxygen atoms in total. The van der Waals surface area contributed by atoms with Crippen LogP contribution in [-0.2, 0) is 0 Å². The predicted molar refractivity (Wildman–Crippen MR) is 76.9 cm³/mol. The van der Waals surface area contributed by atoms with Crippen molar-refractivity contribution < 1.29 is 0 Å². The van der Waals surface area contributed by atoms with E-state index in [4.69, 9.17) is 11.6 Å². The van der Waals surface area contributed by atoms with E-state index in [1.54, 1.807) is 0 Å². The summed E-state index contributed by atoms with van der Waals surface area (Å²) in [7, 11) is 0. The van der Waals surface area contributed by atoms with Crippen LogP contribution in [0.3, 0.4) is 0 Å². The van der Waals surface area contributed by atoms with E-state index in [1.165, 1.54) is 16.3 Å². The second-order valence-corrected chi connectivity index (χ2v) is 5.26. The van der Waals surface area contributed by atoms with Crippen LogP contribution < -0.4 is 0 Å². The van der Waals surface area contributed by atoms with Crippen LogP contribution in [-0.4, -0.2) is 5.38 Å². The summed E-state index contributed by atoms with van der Waals surface area (Å²) >= 11 is 6.42. The second-order valence-electron chi connectivity index (χ2n) is 4.70. The first-order chi connectivity index (χ1) is 8.22. The van der Waals surface area contributed by atoms with Crippen molar-refractivity contribution in [2.75, 3.05) is 0 Å². The highest BCUT2D eigenvalue weighted by Crippen LogP contribution is 2.28. The molecule has 0 aliphatic rings. The molecule has 0 aliphatic carbocycles. The van der Waals surface area contributed by atoms with Crippen molar-refractivity contribution in [3.63, 3.8) is 0 Å². The molecule has 1 heteroatoms. The molecule has 0 bridgehead atoms. The van der Waals surface area contributed by atoms with Gasteiger partial charge in [-0.25, -0.2) is 0 Å². The van der Waals surface area contributed by atoms with Crippen LogP contribution >= 0.6 is 11.6 Å². The van der Waals surface area contributed by atoms with Gasteiger partial charge in [0.15, 0.2) is 0 Å². The van der Waals surface area contributed by atoms with Crippen LogP contribution in [0, 0.1) is 0 Å². The molecule has 0 fully saturated rings. The molecular weight excluding hydrogens is 228 g/mol. The monoisotopic (exact) mass is 246 g/mol. The molecule has 0 aliphatic heterocycles. The van der Waals surface area contributed by atoms with Crippen molar-refractivity contribution in [1.29, 1.82) is 0 Å². The number of halogens is 1. The molecular formula is C16H19Cl. The Labute approximate surface area is 109 Å². The van der Waals surface area contributed by atoms with Crippen LogP contribution in [0.25, 0.3) is 10.8 Å². The molecule has 0 amide bonds. The van der Waals surface area contributed by atoms with Crippen molar-refractivity contribution in [3.8, 4) is 0 Å². The van der Waals surface area contributed by atoms with Crippen LogP contribution in [0.2, 0.25) is 0 Å². The zero-order valence-electron chi connectivity index (χ0n) is 10.5. The predicted octanol–water partition coefficient (Wildman–Crippen LogP) is 5.35. The smallest absolute Gasteiger partial charge is 0.0401 e. The first kappa shape index (κ1) is 12.4. The fourth-order valence-electron chi connectivity index (χ4n) is 2.23. The maximum absolute atomic E-state index is 6.42. The molecule has 2 aromatic carbocycles. The molecule has 0 heterocycles. The van der Waals surface area contributed by atoms with Crippen molar-refractivity contribution in [1.82, 2.24) is 0 Å². The summed E-state index contributed by atoms with van der Waals surface area (Å²) in [5, 5.41) is 2.84. The maximum Gasteiger partial charge on any atom is 0.0401 e. The summed E-state index contributed by atoms with van der Waals surface area (Å²) < 4.78 is 0. The summed E-state index contributed by atoms with van der Waals surface area (Å²) in [5.74, 6) is 0.418. The van der Waals surface area contributed by atoms with Crippen LogP contribution in [0.4, 0.5) is 0 Å². The number of rotatable bonds is 4. The first-order valence-electron chi connectivity index (χ1n) is 6.35. The van der Waals surface area contributed by atoms with Gasteiger partial charge >= 0.3 is 0 Å². The number of alkyl halides is 1. The Kier molecular flexibility index (Phi) is 4.06. The minimum absolute atomic E-state index is 0.237. The van der Waals surface area contributed by atoms with E-state index in [-0.39, 0.29) is 5.38 Å². The average Bonchev–Trinajstić information content (AvgIpc) is 2.37. The van der Waals surface area contributed by atoms with Gasteiger partial charge in [0.2, 0.25) is 0 Å². The van der Waals surface area contributed by atoms with Crippen LogP contribution in [0.5, 0.6) is 0 Å². The Bertz CT molecular complexity index is 490. The zero-order valence-corrected chi connectivity index (χ0v) is 11.2. The van der Waals surface area contributed by atoms with Gasteiger partial charge in [-0.05, 0) is 28.7 Å². The number of hydrogen-bond acceptors (Lipinski definition) is 0. The third kappa shape index (κ3) is 2.81. The molecule has 2 aromatic rings. The minimum Gasteiger partial charge on any atom is -0.122 e. The summed E-state index contributed by atoms with van der Waals surface area (Å²) in [4.78, 5) is 0. The zero-order chi connectivity index (χ0) is 12.3. The van der Waals surface area contributed by atoms with Crippen molar-refractivity contribution in [3.05, 3.63) is 48.0 Å². The Morgan fingerprint density at radius 1 is 1.06 bits per heavy atom. The van der Waals surface area contributed by atoms with Gasteiger partial charge in [-0.15, -0.1) is 11.6 Å². The van der Waals surface area contributed by atoms with Crippen LogP contribution in [0.1, 0.15) is 38.2 Å². The number of fused-ring (bicyclic) bond motifs is 1. The number of benzene rings is 2. The largest absolute Gasteiger partial charge is 0.122 e. The SMILES string of the molecule is CCCC(Cl)C(C)c1ccc2ccccc2c1. The van der Waals surface area contributed by atoms with Gasteiger partial charge in [-0.1, -0.05) is 62.7 Å². The molecule has 0 aromatic heterocycles. The highest BCUT2D eigenvalue weighted by Gasteiger charge is 2.15. The minimum atomic E-state index is 0.237. The molecule has 90 valence electrons. The third-order valence-electron chi connectivity index (χ3n) is 3.41. The second kappa shape index (κ2) is 5.55. The third-order valence-corrected chi connectivity index (χ3v) is 4.00. The molecule has 0 N–H and O–H groups in total.